The Morgan fingerprint density at radius 2 is 2.00 bits per heavy atom. The van der Waals surface area contributed by atoms with E-state index < -0.39 is 10.7 Å². The minimum atomic E-state index is -0.463. The number of aromatic nitrogens is 1. The molecule has 8 nitrogen and oxygen atoms in total. The fourth-order valence-corrected chi connectivity index (χ4v) is 2.99. The van der Waals surface area contributed by atoms with Crippen molar-refractivity contribution in [2.75, 3.05) is 42.9 Å². The maximum atomic E-state index is 13.6. The monoisotopic (exact) mass is 373 g/mol. The second-order valence-electron chi connectivity index (χ2n) is 6.38. The maximum Gasteiger partial charge on any atom is 0.290 e. The van der Waals surface area contributed by atoms with Gasteiger partial charge in [-0.25, -0.2) is 9.37 Å². The van der Waals surface area contributed by atoms with E-state index in [-0.39, 0.29) is 23.8 Å². The van der Waals surface area contributed by atoms with Crippen LogP contribution in [0.3, 0.4) is 0 Å². The Morgan fingerprint density at radius 1 is 1.30 bits per heavy atom. The fourth-order valence-electron chi connectivity index (χ4n) is 2.99. The van der Waals surface area contributed by atoms with Crippen LogP contribution in [0.4, 0.5) is 21.6 Å². The minimum Gasteiger partial charge on any atom is -0.354 e. The van der Waals surface area contributed by atoms with Gasteiger partial charge >= 0.3 is 0 Å². The molecule has 27 heavy (non-hydrogen) atoms. The Balaban J connectivity index is 1.53. The summed E-state index contributed by atoms with van der Waals surface area (Å²) in [5, 5.41) is 13.5. The number of hydrogen-bond acceptors (Lipinski definition) is 6. The van der Waals surface area contributed by atoms with Crippen molar-refractivity contribution in [1.29, 1.82) is 0 Å². The van der Waals surface area contributed by atoms with Crippen molar-refractivity contribution in [3.05, 3.63) is 58.0 Å². The van der Waals surface area contributed by atoms with Crippen LogP contribution >= 0.6 is 0 Å². The molecule has 0 aliphatic carbocycles. The van der Waals surface area contributed by atoms with E-state index in [9.17, 15) is 19.3 Å². The normalized spacial score (nSPS) is 14.8. The molecule has 2 heterocycles. The lowest BCUT2D eigenvalue weighted by atomic mass is 10.2. The van der Waals surface area contributed by atoms with E-state index in [1.54, 1.807) is 25.1 Å². The maximum absolute atomic E-state index is 13.6. The van der Waals surface area contributed by atoms with Crippen molar-refractivity contribution < 1.29 is 14.1 Å². The summed E-state index contributed by atoms with van der Waals surface area (Å²) in [7, 11) is 0. The molecule has 0 spiro atoms. The van der Waals surface area contributed by atoms with Crippen LogP contribution in [0.15, 0.2) is 36.5 Å². The summed E-state index contributed by atoms with van der Waals surface area (Å²) in [5.74, 6) is -0.0401. The minimum absolute atomic E-state index is 0.00204. The zero-order valence-corrected chi connectivity index (χ0v) is 14.9. The second kappa shape index (κ2) is 8.09. The molecule has 1 aliphatic heterocycles. The molecule has 0 unspecified atom stereocenters. The molecular weight excluding hydrogens is 353 g/mol. The van der Waals surface area contributed by atoms with Gasteiger partial charge in [0.05, 0.1) is 17.2 Å². The highest BCUT2D eigenvalue weighted by Gasteiger charge is 2.22. The molecule has 9 heteroatoms. The van der Waals surface area contributed by atoms with Gasteiger partial charge < -0.3 is 10.2 Å². The predicted octanol–water partition coefficient (Wildman–Crippen LogP) is 2.20. The van der Waals surface area contributed by atoms with Crippen molar-refractivity contribution in [2.45, 2.75) is 6.92 Å². The molecule has 1 aromatic heterocycles. The van der Waals surface area contributed by atoms with Crippen molar-refractivity contribution in [1.82, 2.24) is 9.88 Å². The van der Waals surface area contributed by atoms with Crippen LogP contribution in [0.25, 0.3) is 0 Å². The Hall–Kier alpha value is -3.07. The van der Waals surface area contributed by atoms with Crippen LogP contribution in [0, 0.1) is 22.9 Å². The van der Waals surface area contributed by atoms with E-state index in [4.69, 9.17) is 0 Å². The van der Waals surface area contributed by atoms with Crippen LogP contribution in [0.1, 0.15) is 5.56 Å². The highest BCUT2D eigenvalue weighted by molar-refractivity contribution is 5.92. The van der Waals surface area contributed by atoms with Crippen molar-refractivity contribution in [2.24, 2.45) is 0 Å². The first-order chi connectivity index (χ1) is 12.9. The van der Waals surface area contributed by atoms with Crippen LogP contribution in [-0.4, -0.2) is 53.4 Å². The number of anilines is 2. The molecule has 1 amide bonds. The van der Waals surface area contributed by atoms with Crippen LogP contribution in [-0.2, 0) is 4.79 Å². The third-order valence-corrected chi connectivity index (χ3v) is 4.48. The van der Waals surface area contributed by atoms with Gasteiger partial charge in [0.1, 0.15) is 17.8 Å². The summed E-state index contributed by atoms with van der Waals surface area (Å²) in [6.45, 7) is 4.45. The average molecular weight is 373 g/mol. The standard InChI is InChI=1S/C18H20FN5O3/c1-13-10-17(20-11-16(13)24(26)27)23-8-6-22(7-9-23)12-18(25)21-15-5-3-2-4-14(15)19/h2-5,10-11H,6-9,12H2,1H3,(H,21,25). The molecule has 1 aliphatic rings. The number of hydrogen-bond donors (Lipinski definition) is 1. The second-order valence-corrected chi connectivity index (χ2v) is 6.38. The van der Waals surface area contributed by atoms with Gasteiger partial charge in [-0.2, -0.15) is 0 Å². The van der Waals surface area contributed by atoms with Crippen molar-refractivity contribution in [3.8, 4) is 0 Å². The molecule has 1 N–H and O–H groups in total. The van der Waals surface area contributed by atoms with Gasteiger partial charge in [-0.3, -0.25) is 19.8 Å². The summed E-state index contributed by atoms with van der Waals surface area (Å²) >= 11 is 0. The van der Waals surface area contributed by atoms with Gasteiger partial charge in [0.2, 0.25) is 5.91 Å². The number of carbonyl (C=O) groups is 1. The highest BCUT2D eigenvalue weighted by Crippen LogP contribution is 2.22. The largest absolute Gasteiger partial charge is 0.354 e. The van der Waals surface area contributed by atoms with Gasteiger partial charge in [0, 0.05) is 31.7 Å². The number of amides is 1. The number of para-hydroxylation sites is 1. The van der Waals surface area contributed by atoms with Gasteiger partial charge in [0.25, 0.3) is 5.69 Å². The SMILES string of the molecule is Cc1cc(N2CCN(CC(=O)Nc3ccccc3F)CC2)ncc1[N+](=O)[O-]. The van der Waals surface area contributed by atoms with Crippen LogP contribution < -0.4 is 10.2 Å². The number of benzene rings is 1. The zero-order chi connectivity index (χ0) is 19.4. The number of rotatable bonds is 5. The first-order valence-corrected chi connectivity index (χ1v) is 8.57. The number of halogens is 1. The zero-order valence-electron chi connectivity index (χ0n) is 14.9. The molecule has 3 rings (SSSR count). The van der Waals surface area contributed by atoms with E-state index in [0.29, 0.717) is 37.6 Å². The highest BCUT2D eigenvalue weighted by atomic mass is 19.1. The first-order valence-electron chi connectivity index (χ1n) is 8.57. The van der Waals surface area contributed by atoms with E-state index >= 15 is 0 Å². The first kappa shape index (κ1) is 18.7. The number of nitrogens with one attached hydrogen (secondary N) is 1. The quantitative estimate of drug-likeness (QED) is 0.638. The molecule has 1 aromatic carbocycles. The van der Waals surface area contributed by atoms with Crippen molar-refractivity contribution in [3.63, 3.8) is 0 Å². The van der Waals surface area contributed by atoms with Crippen LogP contribution in [0.2, 0.25) is 0 Å². The smallest absolute Gasteiger partial charge is 0.290 e. The number of nitrogens with zero attached hydrogens (tertiary/aromatic N) is 4. The predicted molar refractivity (Wildman–Crippen MR) is 99.3 cm³/mol. The molecule has 142 valence electrons. The lowest BCUT2D eigenvalue weighted by Gasteiger charge is -2.35. The van der Waals surface area contributed by atoms with Gasteiger partial charge in [-0.05, 0) is 25.1 Å². The van der Waals surface area contributed by atoms with Crippen molar-refractivity contribution >= 4 is 23.1 Å². The third-order valence-electron chi connectivity index (χ3n) is 4.48. The van der Waals surface area contributed by atoms with E-state index in [0.717, 1.165) is 0 Å². The molecule has 1 saturated heterocycles. The summed E-state index contributed by atoms with van der Waals surface area (Å²) in [4.78, 5) is 30.8. The molecule has 0 saturated carbocycles. The number of carbonyl (C=O) groups excluding carboxylic acids is 1. The van der Waals surface area contributed by atoms with Gasteiger partial charge in [-0.15, -0.1) is 0 Å². The fraction of sp³-hybridized carbons (Fsp3) is 0.333. The number of aryl methyl sites for hydroxylation is 1. The summed E-state index contributed by atoms with van der Waals surface area (Å²) in [5.41, 5.74) is 0.741. The van der Waals surface area contributed by atoms with E-state index in [1.807, 2.05) is 9.80 Å². The third kappa shape index (κ3) is 4.56. The van der Waals surface area contributed by atoms with E-state index in [2.05, 4.69) is 10.3 Å². The Morgan fingerprint density at radius 3 is 2.63 bits per heavy atom. The number of nitro groups is 1. The van der Waals surface area contributed by atoms with E-state index in [1.165, 1.54) is 18.3 Å². The summed E-state index contributed by atoms with van der Waals surface area (Å²) in [6, 6.07) is 7.76. The number of pyridine rings is 1. The summed E-state index contributed by atoms with van der Waals surface area (Å²) < 4.78 is 13.6. The average Bonchev–Trinajstić information content (AvgIpc) is 2.64. The molecule has 0 radical (unpaired) electrons. The molecule has 1 fully saturated rings. The molecule has 0 bridgehead atoms. The molecule has 0 atom stereocenters. The summed E-state index contributed by atoms with van der Waals surface area (Å²) in [6.07, 6.45) is 1.28. The Bertz CT molecular complexity index is 853. The Kier molecular flexibility index (Phi) is 5.60. The van der Waals surface area contributed by atoms with Gasteiger partial charge in [-0.1, -0.05) is 12.1 Å². The lowest BCUT2D eigenvalue weighted by Crippen LogP contribution is -2.49. The van der Waals surface area contributed by atoms with Gasteiger partial charge in [0.15, 0.2) is 0 Å². The number of piperazine rings is 1. The Labute approximate surface area is 155 Å². The van der Waals surface area contributed by atoms with Crippen LogP contribution in [0.5, 0.6) is 0 Å². The lowest BCUT2D eigenvalue weighted by molar-refractivity contribution is -0.385. The topological polar surface area (TPSA) is 91.6 Å². The molecule has 2 aromatic rings. The molecular formula is C18H20FN5O3.